The molecule has 1 aromatic heterocycles. The van der Waals surface area contributed by atoms with Crippen LogP contribution in [0.1, 0.15) is 29.7 Å². The number of nitrogens with two attached hydrogens (primary N) is 1. The molecule has 0 radical (unpaired) electrons. The zero-order valence-corrected chi connectivity index (χ0v) is 16.1. The van der Waals surface area contributed by atoms with Crippen LogP contribution in [0.3, 0.4) is 0 Å². The minimum atomic E-state index is -0.249. The van der Waals surface area contributed by atoms with Gasteiger partial charge in [0.25, 0.3) is 0 Å². The van der Waals surface area contributed by atoms with Crippen molar-refractivity contribution in [2.75, 3.05) is 37.6 Å². The van der Waals surface area contributed by atoms with E-state index in [9.17, 15) is 14.7 Å². The lowest BCUT2D eigenvalue weighted by atomic mass is 10.1. The Balaban J connectivity index is 1.72. The monoisotopic (exact) mass is 390 g/mol. The van der Waals surface area contributed by atoms with Crippen LogP contribution in [-0.4, -0.2) is 53.6 Å². The summed E-state index contributed by atoms with van der Waals surface area (Å²) in [5, 5.41) is 9.89. The van der Waals surface area contributed by atoms with Crippen molar-refractivity contribution in [3.8, 4) is 5.88 Å². The first-order valence-corrected chi connectivity index (χ1v) is 10.1. The molecule has 0 bridgehead atoms. The highest BCUT2D eigenvalue weighted by Gasteiger charge is 2.21. The summed E-state index contributed by atoms with van der Waals surface area (Å²) in [5.74, 6) is 0.130. The van der Waals surface area contributed by atoms with Crippen LogP contribution in [0, 0.1) is 0 Å². The van der Waals surface area contributed by atoms with E-state index in [2.05, 4.69) is 16.0 Å². The number of hydrogen-bond acceptors (Lipinski definition) is 6. The van der Waals surface area contributed by atoms with Crippen molar-refractivity contribution in [3.05, 3.63) is 44.4 Å². The molecule has 2 aromatic rings. The van der Waals surface area contributed by atoms with E-state index in [1.165, 1.54) is 0 Å². The van der Waals surface area contributed by atoms with E-state index in [4.69, 9.17) is 5.73 Å². The Bertz CT molecular complexity index is 832. The number of nitrogens with zero attached hydrogens (tertiary/aromatic N) is 2. The Morgan fingerprint density at radius 3 is 2.78 bits per heavy atom. The molecule has 0 unspecified atom stereocenters. The Labute approximate surface area is 162 Å². The molecule has 1 aliphatic rings. The van der Waals surface area contributed by atoms with Crippen molar-refractivity contribution >= 4 is 22.9 Å². The number of amides is 1. The van der Waals surface area contributed by atoms with Crippen molar-refractivity contribution in [1.82, 2.24) is 9.88 Å². The van der Waals surface area contributed by atoms with Gasteiger partial charge in [-0.3, -0.25) is 14.6 Å². The van der Waals surface area contributed by atoms with Gasteiger partial charge >= 0.3 is 4.87 Å². The summed E-state index contributed by atoms with van der Waals surface area (Å²) in [4.78, 5) is 30.8. The van der Waals surface area contributed by atoms with Gasteiger partial charge in [-0.2, -0.15) is 0 Å². The van der Waals surface area contributed by atoms with Crippen LogP contribution in [0.4, 0.5) is 5.69 Å². The van der Waals surface area contributed by atoms with Gasteiger partial charge in [0.15, 0.2) is 0 Å². The van der Waals surface area contributed by atoms with Crippen molar-refractivity contribution < 1.29 is 9.90 Å². The standard InChI is InChI=1S/C19H26N4O3S/c20-8-3-7-17(24)23-10-4-9-22(11-12-23)15-6-2-1-5-14(15)13-16-18(25)21-19(26)27-16/h1-2,5-6,25H,3-4,7-13,20H2,(H,21,26). The molecule has 1 amide bonds. The molecule has 1 aliphatic heterocycles. The maximum absolute atomic E-state index is 12.3. The molecular formula is C19H26N4O3S. The van der Waals surface area contributed by atoms with E-state index in [0.717, 1.165) is 55.1 Å². The highest BCUT2D eigenvalue weighted by molar-refractivity contribution is 7.09. The number of aromatic nitrogens is 1. The lowest BCUT2D eigenvalue weighted by Gasteiger charge is -2.26. The fourth-order valence-corrected chi connectivity index (χ4v) is 4.18. The largest absolute Gasteiger partial charge is 0.494 e. The van der Waals surface area contributed by atoms with E-state index in [-0.39, 0.29) is 16.7 Å². The smallest absolute Gasteiger partial charge is 0.307 e. The van der Waals surface area contributed by atoms with Gasteiger partial charge in [0.05, 0.1) is 4.88 Å². The Hall–Kier alpha value is -2.32. The van der Waals surface area contributed by atoms with E-state index in [0.29, 0.717) is 30.8 Å². The van der Waals surface area contributed by atoms with Crippen LogP contribution in [0.5, 0.6) is 5.88 Å². The second kappa shape index (κ2) is 9.05. The molecule has 0 aliphatic carbocycles. The fraction of sp³-hybridized carbons (Fsp3) is 0.474. The molecule has 1 fully saturated rings. The summed E-state index contributed by atoms with van der Waals surface area (Å²) in [6.07, 6.45) is 2.65. The molecule has 8 heteroatoms. The predicted octanol–water partition coefficient (Wildman–Crippen LogP) is 1.51. The molecule has 2 heterocycles. The van der Waals surface area contributed by atoms with Gasteiger partial charge in [0.2, 0.25) is 11.8 Å². The Morgan fingerprint density at radius 2 is 2.04 bits per heavy atom. The van der Waals surface area contributed by atoms with Crippen LogP contribution in [0.2, 0.25) is 0 Å². The number of carbonyl (C=O) groups is 1. The highest BCUT2D eigenvalue weighted by Crippen LogP contribution is 2.28. The van der Waals surface area contributed by atoms with Crippen LogP contribution >= 0.6 is 11.3 Å². The van der Waals surface area contributed by atoms with Gasteiger partial charge in [-0.15, -0.1) is 0 Å². The summed E-state index contributed by atoms with van der Waals surface area (Å²) in [7, 11) is 0. The van der Waals surface area contributed by atoms with Gasteiger partial charge in [-0.05, 0) is 31.0 Å². The van der Waals surface area contributed by atoms with E-state index in [1.54, 1.807) is 0 Å². The maximum atomic E-state index is 12.3. The summed E-state index contributed by atoms with van der Waals surface area (Å²) < 4.78 is 0. The highest BCUT2D eigenvalue weighted by atomic mass is 32.1. The SMILES string of the molecule is NCCCC(=O)N1CCCN(c2ccccc2Cc2sc(=O)[nH]c2O)CC1. The van der Waals surface area contributed by atoms with Gasteiger partial charge in [-0.1, -0.05) is 29.5 Å². The molecule has 0 saturated carbocycles. The molecule has 7 nitrogen and oxygen atoms in total. The molecule has 146 valence electrons. The third kappa shape index (κ3) is 4.90. The third-order valence-corrected chi connectivity index (χ3v) is 5.70. The number of rotatable bonds is 6. The van der Waals surface area contributed by atoms with Gasteiger partial charge in [0, 0.05) is 44.7 Å². The average molecular weight is 391 g/mol. The number of hydrogen-bond donors (Lipinski definition) is 3. The summed E-state index contributed by atoms with van der Waals surface area (Å²) in [6.45, 7) is 3.63. The van der Waals surface area contributed by atoms with E-state index < -0.39 is 0 Å². The second-order valence-corrected chi connectivity index (χ2v) is 7.77. The van der Waals surface area contributed by atoms with Crippen LogP contribution in [0.25, 0.3) is 0 Å². The average Bonchev–Trinajstić information content (AvgIpc) is 2.86. The first kappa shape index (κ1) is 19.4. The van der Waals surface area contributed by atoms with Crippen molar-refractivity contribution in [2.45, 2.75) is 25.7 Å². The molecule has 0 atom stereocenters. The third-order valence-electron chi connectivity index (χ3n) is 4.83. The maximum Gasteiger partial charge on any atom is 0.307 e. The quantitative estimate of drug-likeness (QED) is 0.694. The number of nitrogens with one attached hydrogen (secondary N) is 1. The number of aromatic hydroxyl groups is 1. The lowest BCUT2D eigenvalue weighted by Crippen LogP contribution is -2.35. The van der Waals surface area contributed by atoms with E-state index >= 15 is 0 Å². The zero-order valence-electron chi connectivity index (χ0n) is 15.3. The number of para-hydroxylation sites is 1. The Morgan fingerprint density at radius 1 is 1.22 bits per heavy atom. The molecule has 4 N–H and O–H groups in total. The number of thiazole rings is 1. The minimum absolute atomic E-state index is 0.0488. The van der Waals surface area contributed by atoms with Gasteiger partial charge in [0.1, 0.15) is 0 Å². The van der Waals surface area contributed by atoms with Crippen LogP contribution in [0.15, 0.2) is 29.1 Å². The second-order valence-electron chi connectivity index (χ2n) is 6.71. The summed E-state index contributed by atoms with van der Waals surface area (Å²) in [6, 6.07) is 8.04. The first-order valence-electron chi connectivity index (χ1n) is 9.30. The van der Waals surface area contributed by atoms with Crippen LogP contribution < -0.4 is 15.5 Å². The molecule has 1 saturated heterocycles. The molecule has 3 rings (SSSR count). The number of H-pyrrole nitrogens is 1. The molecular weight excluding hydrogens is 364 g/mol. The van der Waals surface area contributed by atoms with Gasteiger partial charge in [-0.25, -0.2) is 0 Å². The first-order chi connectivity index (χ1) is 13.1. The van der Waals surface area contributed by atoms with Crippen molar-refractivity contribution in [3.63, 3.8) is 0 Å². The molecule has 1 aromatic carbocycles. The number of anilines is 1. The molecule has 0 spiro atoms. The minimum Gasteiger partial charge on any atom is -0.494 e. The van der Waals surface area contributed by atoms with Gasteiger partial charge < -0.3 is 20.6 Å². The normalized spacial score (nSPS) is 15.0. The van der Waals surface area contributed by atoms with Crippen molar-refractivity contribution in [2.24, 2.45) is 5.73 Å². The molecule has 27 heavy (non-hydrogen) atoms. The predicted molar refractivity (Wildman–Crippen MR) is 108 cm³/mol. The fourth-order valence-electron chi connectivity index (χ4n) is 3.43. The topological polar surface area (TPSA) is 103 Å². The summed E-state index contributed by atoms with van der Waals surface area (Å²) >= 11 is 1.04. The number of benzene rings is 1. The van der Waals surface area contributed by atoms with Crippen LogP contribution in [-0.2, 0) is 11.2 Å². The summed E-state index contributed by atoms with van der Waals surface area (Å²) in [5.41, 5.74) is 7.66. The number of carbonyl (C=O) groups excluding carboxylic acids is 1. The zero-order chi connectivity index (χ0) is 19.2. The number of aromatic amines is 1. The lowest BCUT2D eigenvalue weighted by molar-refractivity contribution is -0.131. The van der Waals surface area contributed by atoms with Crippen molar-refractivity contribution in [1.29, 1.82) is 0 Å². The Kier molecular flexibility index (Phi) is 6.52. The van der Waals surface area contributed by atoms with E-state index in [1.807, 2.05) is 23.1 Å².